The summed E-state index contributed by atoms with van der Waals surface area (Å²) >= 11 is 0. The van der Waals surface area contributed by atoms with E-state index in [9.17, 15) is 9.90 Å². The van der Waals surface area contributed by atoms with E-state index in [1.807, 2.05) is 23.1 Å². The normalized spacial score (nSPS) is 18.4. The van der Waals surface area contributed by atoms with Crippen molar-refractivity contribution in [2.45, 2.75) is 0 Å². The molecule has 0 spiro atoms. The van der Waals surface area contributed by atoms with E-state index >= 15 is 0 Å². The van der Waals surface area contributed by atoms with E-state index in [1.54, 1.807) is 24.5 Å². The molecule has 1 aromatic carbocycles. The molecule has 1 aromatic heterocycles. The van der Waals surface area contributed by atoms with Crippen LogP contribution >= 0.6 is 0 Å². The van der Waals surface area contributed by atoms with Crippen molar-refractivity contribution in [2.75, 3.05) is 68.7 Å². The number of aromatic hydroxyl groups is 1. The Hall–Kier alpha value is -2.87. The fourth-order valence-electron chi connectivity index (χ4n) is 3.73. The standard InChI is InChI=1S/C20H26N6O2/c27-18-4-2-17(3-5-18)24-12-14-25(15-13-24)19(28)16-23-8-10-26(11-9-23)20-21-6-1-7-22-20/h1-7,27H,8-16H2. The highest BCUT2D eigenvalue weighted by molar-refractivity contribution is 5.78. The highest BCUT2D eigenvalue weighted by atomic mass is 16.3. The van der Waals surface area contributed by atoms with E-state index in [4.69, 9.17) is 0 Å². The predicted molar refractivity (Wildman–Crippen MR) is 108 cm³/mol. The maximum Gasteiger partial charge on any atom is 0.236 e. The molecule has 28 heavy (non-hydrogen) atoms. The molecule has 0 aliphatic carbocycles. The second-order valence-corrected chi connectivity index (χ2v) is 7.20. The van der Waals surface area contributed by atoms with Crippen LogP contribution in [0.2, 0.25) is 0 Å². The number of amides is 1. The minimum Gasteiger partial charge on any atom is -0.508 e. The summed E-state index contributed by atoms with van der Waals surface area (Å²) in [6.07, 6.45) is 3.52. The van der Waals surface area contributed by atoms with Gasteiger partial charge in [0.1, 0.15) is 5.75 Å². The van der Waals surface area contributed by atoms with Gasteiger partial charge in [-0.15, -0.1) is 0 Å². The Morgan fingerprint density at radius 1 is 0.857 bits per heavy atom. The molecule has 3 heterocycles. The zero-order valence-electron chi connectivity index (χ0n) is 15.9. The number of piperazine rings is 2. The summed E-state index contributed by atoms with van der Waals surface area (Å²) in [6.45, 7) is 6.94. The molecule has 2 aromatic rings. The largest absolute Gasteiger partial charge is 0.508 e. The quantitative estimate of drug-likeness (QED) is 0.832. The van der Waals surface area contributed by atoms with E-state index < -0.39 is 0 Å². The van der Waals surface area contributed by atoms with Crippen molar-refractivity contribution in [3.8, 4) is 5.75 Å². The van der Waals surface area contributed by atoms with Crippen LogP contribution in [-0.4, -0.2) is 89.7 Å². The lowest BCUT2D eigenvalue weighted by Crippen LogP contribution is -2.54. The first-order valence-corrected chi connectivity index (χ1v) is 9.75. The molecule has 1 amide bonds. The van der Waals surface area contributed by atoms with Crippen molar-refractivity contribution in [1.29, 1.82) is 0 Å². The average Bonchev–Trinajstić information content (AvgIpc) is 2.75. The van der Waals surface area contributed by atoms with Gasteiger partial charge in [0.05, 0.1) is 6.54 Å². The lowest BCUT2D eigenvalue weighted by atomic mass is 10.2. The van der Waals surface area contributed by atoms with Gasteiger partial charge in [0, 0.05) is 70.4 Å². The zero-order chi connectivity index (χ0) is 19.3. The van der Waals surface area contributed by atoms with Gasteiger partial charge in [-0.2, -0.15) is 0 Å². The number of phenolic OH excluding ortho intramolecular Hbond substituents is 1. The number of benzene rings is 1. The fourth-order valence-corrected chi connectivity index (χ4v) is 3.73. The highest BCUT2D eigenvalue weighted by Crippen LogP contribution is 2.20. The van der Waals surface area contributed by atoms with Crippen LogP contribution in [0.3, 0.4) is 0 Å². The van der Waals surface area contributed by atoms with Crippen LogP contribution in [0, 0.1) is 0 Å². The van der Waals surface area contributed by atoms with E-state index in [-0.39, 0.29) is 11.7 Å². The molecular weight excluding hydrogens is 356 g/mol. The number of carbonyl (C=O) groups is 1. The Kier molecular flexibility index (Phi) is 5.57. The topological polar surface area (TPSA) is 76.0 Å². The summed E-state index contributed by atoms with van der Waals surface area (Å²) in [6, 6.07) is 9.06. The van der Waals surface area contributed by atoms with Crippen molar-refractivity contribution < 1.29 is 9.90 Å². The minimum absolute atomic E-state index is 0.203. The number of aromatic nitrogens is 2. The molecule has 2 aliphatic heterocycles. The Morgan fingerprint density at radius 2 is 1.46 bits per heavy atom. The number of phenols is 1. The maximum atomic E-state index is 12.7. The number of nitrogens with zero attached hydrogens (tertiary/aromatic N) is 6. The molecule has 1 N–H and O–H groups in total. The summed E-state index contributed by atoms with van der Waals surface area (Å²) in [5.74, 6) is 1.24. The van der Waals surface area contributed by atoms with Gasteiger partial charge in [0.15, 0.2) is 0 Å². The molecule has 0 bridgehead atoms. The minimum atomic E-state index is 0.203. The fraction of sp³-hybridized carbons (Fsp3) is 0.450. The monoisotopic (exact) mass is 382 g/mol. The average molecular weight is 382 g/mol. The molecule has 2 fully saturated rings. The van der Waals surface area contributed by atoms with E-state index in [0.29, 0.717) is 6.54 Å². The Labute approximate surface area is 165 Å². The van der Waals surface area contributed by atoms with E-state index in [0.717, 1.165) is 64.0 Å². The van der Waals surface area contributed by atoms with Crippen molar-refractivity contribution in [3.63, 3.8) is 0 Å². The first-order chi connectivity index (χ1) is 13.7. The van der Waals surface area contributed by atoms with Crippen molar-refractivity contribution in [3.05, 3.63) is 42.7 Å². The van der Waals surface area contributed by atoms with Gasteiger partial charge in [-0.25, -0.2) is 9.97 Å². The summed E-state index contributed by atoms with van der Waals surface area (Å²) in [5.41, 5.74) is 1.09. The van der Waals surface area contributed by atoms with Crippen molar-refractivity contribution >= 4 is 17.5 Å². The Morgan fingerprint density at radius 3 is 2.11 bits per heavy atom. The summed E-state index contributed by atoms with van der Waals surface area (Å²) in [4.78, 5) is 29.9. The molecule has 148 valence electrons. The van der Waals surface area contributed by atoms with Crippen LogP contribution in [0.5, 0.6) is 5.75 Å². The van der Waals surface area contributed by atoms with Crippen LogP contribution in [0.4, 0.5) is 11.6 Å². The van der Waals surface area contributed by atoms with Crippen molar-refractivity contribution in [2.24, 2.45) is 0 Å². The number of anilines is 2. The maximum absolute atomic E-state index is 12.7. The second-order valence-electron chi connectivity index (χ2n) is 7.20. The zero-order valence-corrected chi connectivity index (χ0v) is 15.9. The lowest BCUT2D eigenvalue weighted by molar-refractivity contribution is -0.132. The van der Waals surface area contributed by atoms with Gasteiger partial charge in [-0.1, -0.05) is 0 Å². The van der Waals surface area contributed by atoms with Crippen LogP contribution in [-0.2, 0) is 4.79 Å². The van der Waals surface area contributed by atoms with Gasteiger partial charge < -0.3 is 19.8 Å². The first-order valence-electron chi connectivity index (χ1n) is 9.75. The smallest absolute Gasteiger partial charge is 0.236 e. The van der Waals surface area contributed by atoms with Gasteiger partial charge in [0.25, 0.3) is 0 Å². The number of carbonyl (C=O) groups excluding carboxylic acids is 1. The third-order valence-corrected chi connectivity index (χ3v) is 5.41. The van der Waals surface area contributed by atoms with Gasteiger partial charge in [-0.05, 0) is 30.3 Å². The number of hydrogen-bond acceptors (Lipinski definition) is 7. The molecule has 0 unspecified atom stereocenters. The molecular formula is C20H26N6O2. The van der Waals surface area contributed by atoms with Gasteiger partial charge >= 0.3 is 0 Å². The van der Waals surface area contributed by atoms with Crippen LogP contribution in [0.1, 0.15) is 0 Å². The molecule has 8 heteroatoms. The molecule has 0 saturated carbocycles. The summed E-state index contributed by atoms with van der Waals surface area (Å²) < 4.78 is 0. The summed E-state index contributed by atoms with van der Waals surface area (Å²) in [5, 5.41) is 9.42. The third kappa shape index (κ3) is 4.33. The number of hydrogen-bond donors (Lipinski definition) is 1. The molecule has 2 aliphatic rings. The molecule has 4 rings (SSSR count). The van der Waals surface area contributed by atoms with Gasteiger partial charge in [-0.3, -0.25) is 9.69 Å². The molecule has 0 radical (unpaired) electrons. The van der Waals surface area contributed by atoms with Crippen LogP contribution in [0.15, 0.2) is 42.7 Å². The van der Waals surface area contributed by atoms with E-state index in [1.165, 1.54) is 0 Å². The van der Waals surface area contributed by atoms with Crippen LogP contribution < -0.4 is 9.80 Å². The third-order valence-electron chi connectivity index (χ3n) is 5.41. The van der Waals surface area contributed by atoms with E-state index in [2.05, 4.69) is 24.7 Å². The SMILES string of the molecule is O=C(CN1CCN(c2ncccn2)CC1)N1CCN(c2ccc(O)cc2)CC1. The Balaban J connectivity index is 1.22. The molecule has 2 saturated heterocycles. The number of rotatable bonds is 4. The van der Waals surface area contributed by atoms with Gasteiger partial charge in [0.2, 0.25) is 11.9 Å². The van der Waals surface area contributed by atoms with Crippen molar-refractivity contribution in [1.82, 2.24) is 19.8 Å². The predicted octanol–water partition coefficient (Wildman–Crippen LogP) is 0.653. The Bertz CT molecular complexity index is 769. The highest BCUT2D eigenvalue weighted by Gasteiger charge is 2.25. The summed E-state index contributed by atoms with van der Waals surface area (Å²) in [7, 11) is 0. The molecule has 8 nitrogen and oxygen atoms in total. The van der Waals surface area contributed by atoms with Crippen LogP contribution in [0.25, 0.3) is 0 Å². The first kappa shape index (κ1) is 18.5. The molecule has 0 atom stereocenters. The second kappa shape index (κ2) is 8.43. The lowest BCUT2D eigenvalue weighted by Gasteiger charge is -2.38.